The zero-order valence-corrected chi connectivity index (χ0v) is 39.7. The third-order valence-electron chi connectivity index (χ3n) is 9.71. The van der Waals surface area contributed by atoms with Gasteiger partial charge in [-0.25, -0.2) is 23.2 Å². The van der Waals surface area contributed by atoms with Crippen LogP contribution >= 0.6 is 0 Å². The number of sulfone groups is 1. The SMILES string of the molecule is CC(C)(C)OC(=O)CCCCCCCCCCCOc1ccc(CCc2ccc(S(=O)(=O)Cc3ncc(C(=O)NCCOCCOCC(=O)NCCOCCOCC(=O)O)cn3)cc2)cc1. The number of carboxylic acid groups (broad SMARTS) is 1. The number of benzene rings is 2. The molecule has 17 nitrogen and oxygen atoms in total. The van der Waals surface area contributed by atoms with Crippen molar-refractivity contribution in [1.29, 1.82) is 0 Å². The van der Waals surface area contributed by atoms with E-state index >= 15 is 0 Å². The second kappa shape index (κ2) is 31.8. The van der Waals surface area contributed by atoms with E-state index in [0.29, 0.717) is 13.0 Å². The third-order valence-corrected chi connectivity index (χ3v) is 11.3. The number of carboxylic acids is 1. The Morgan fingerprint density at radius 3 is 1.71 bits per heavy atom. The predicted molar refractivity (Wildman–Crippen MR) is 247 cm³/mol. The molecule has 1 aromatic heterocycles. The number of ether oxygens (including phenoxy) is 6. The van der Waals surface area contributed by atoms with Crippen molar-refractivity contribution in [2.24, 2.45) is 0 Å². The second-order valence-electron chi connectivity index (χ2n) is 16.6. The number of rotatable bonds is 36. The highest BCUT2D eigenvalue weighted by atomic mass is 32.2. The molecule has 2 amide bonds. The summed E-state index contributed by atoms with van der Waals surface area (Å²) in [4.78, 5) is 54.8. The van der Waals surface area contributed by atoms with E-state index in [9.17, 15) is 27.6 Å². The molecule has 2 aromatic carbocycles. The van der Waals surface area contributed by atoms with Gasteiger partial charge in [0.2, 0.25) is 5.91 Å². The first-order chi connectivity index (χ1) is 31.7. The molecule has 0 unspecified atom stereocenters. The molecular formula is C48H70N4O13S. The molecule has 18 heteroatoms. The zero-order chi connectivity index (χ0) is 47.9. The molecule has 0 fully saturated rings. The van der Waals surface area contributed by atoms with Gasteiger partial charge in [0.05, 0.1) is 56.7 Å². The number of hydrogen-bond donors (Lipinski definition) is 3. The standard InChI is InChI=1S/C48H70N4O13S/c1-48(2,3)65-46(56)13-11-9-7-5-4-6-8-10-12-26-64-41-20-16-38(17-21-41)14-15-39-18-22-42(23-19-39)66(58,59)37-43-51-33-40(34-52-43)47(57)50-25-28-61-29-31-62-35-44(53)49-24-27-60-30-32-63-36-45(54)55/h16-23,33-34H,4-15,24-32,35-37H2,1-3H3,(H,49,53)(H,50,57)(H,54,55). The van der Waals surface area contributed by atoms with Crippen LogP contribution in [0.25, 0.3) is 0 Å². The Hall–Kier alpha value is -5.01. The molecule has 3 rings (SSSR count). The molecule has 66 heavy (non-hydrogen) atoms. The van der Waals surface area contributed by atoms with Crippen molar-refractivity contribution in [2.45, 2.75) is 114 Å². The summed E-state index contributed by atoms with van der Waals surface area (Å²) in [5, 5.41) is 13.8. The van der Waals surface area contributed by atoms with Gasteiger partial charge in [-0.05, 0) is 81.8 Å². The Morgan fingerprint density at radius 2 is 1.14 bits per heavy atom. The summed E-state index contributed by atoms with van der Waals surface area (Å²) < 4.78 is 58.3. The van der Waals surface area contributed by atoms with E-state index in [1.807, 2.05) is 45.0 Å². The highest BCUT2D eigenvalue weighted by molar-refractivity contribution is 7.90. The van der Waals surface area contributed by atoms with E-state index in [2.05, 4.69) is 32.7 Å². The number of carbonyl (C=O) groups is 4. The van der Waals surface area contributed by atoms with Crippen LogP contribution in [0.2, 0.25) is 0 Å². The van der Waals surface area contributed by atoms with Gasteiger partial charge in [-0.3, -0.25) is 14.4 Å². The summed E-state index contributed by atoms with van der Waals surface area (Å²) in [6.07, 6.45) is 14.7. The van der Waals surface area contributed by atoms with Gasteiger partial charge in [-0.2, -0.15) is 0 Å². The van der Waals surface area contributed by atoms with Gasteiger partial charge in [-0.1, -0.05) is 69.2 Å². The predicted octanol–water partition coefficient (Wildman–Crippen LogP) is 5.85. The minimum atomic E-state index is -3.73. The molecule has 366 valence electrons. The minimum absolute atomic E-state index is 0.0705. The second-order valence-corrected chi connectivity index (χ2v) is 18.6. The summed E-state index contributed by atoms with van der Waals surface area (Å²) in [7, 11) is -3.73. The van der Waals surface area contributed by atoms with E-state index in [0.717, 1.165) is 61.8 Å². The van der Waals surface area contributed by atoms with Gasteiger partial charge in [-0.15, -0.1) is 0 Å². The number of carbonyl (C=O) groups excluding carboxylic acids is 3. The van der Waals surface area contributed by atoms with Crippen molar-refractivity contribution < 1.29 is 61.1 Å². The first-order valence-corrected chi connectivity index (χ1v) is 24.5. The van der Waals surface area contributed by atoms with E-state index in [1.165, 1.54) is 38.1 Å². The average Bonchev–Trinajstić information content (AvgIpc) is 3.27. The van der Waals surface area contributed by atoms with Crippen LogP contribution in [0, 0.1) is 0 Å². The van der Waals surface area contributed by atoms with Gasteiger partial charge in [0, 0.05) is 31.9 Å². The van der Waals surface area contributed by atoms with Crippen molar-refractivity contribution in [1.82, 2.24) is 20.6 Å². The molecule has 3 N–H and O–H groups in total. The smallest absolute Gasteiger partial charge is 0.329 e. The van der Waals surface area contributed by atoms with Crippen LogP contribution in [0.1, 0.15) is 112 Å². The quantitative estimate of drug-likeness (QED) is 0.0459. The first-order valence-electron chi connectivity index (χ1n) is 22.8. The molecule has 1 heterocycles. The summed E-state index contributed by atoms with van der Waals surface area (Å²) in [5.74, 6) is -1.41. The molecule has 0 saturated carbocycles. The van der Waals surface area contributed by atoms with Crippen molar-refractivity contribution in [3.8, 4) is 5.75 Å². The fourth-order valence-corrected chi connectivity index (χ4v) is 7.52. The Bertz CT molecular complexity index is 1960. The van der Waals surface area contributed by atoms with E-state index in [4.69, 9.17) is 33.5 Å². The van der Waals surface area contributed by atoms with Crippen LogP contribution in [-0.2, 0) is 66.5 Å². The average molecular weight is 943 g/mol. The highest BCUT2D eigenvalue weighted by Crippen LogP contribution is 2.19. The highest BCUT2D eigenvalue weighted by Gasteiger charge is 2.18. The lowest BCUT2D eigenvalue weighted by Crippen LogP contribution is -2.31. The number of aliphatic carboxylic acids is 1. The van der Waals surface area contributed by atoms with Crippen LogP contribution in [0.15, 0.2) is 65.8 Å². The van der Waals surface area contributed by atoms with Crippen LogP contribution in [0.4, 0.5) is 0 Å². The van der Waals surface area contributed by atoms with Crippen molar-refractivity contribution in [3.63, 3.8) is 0 Å². The van der Waals surface area contributed by atoms with Crippen LogP contribution in [-0.4, -0.2) is 125 Å². The Balaban J connectivity index is 1.20. The molecule has 0 aliphatic carbocycles. The van der Waals surface area contributed by atoms with Gasteiger partial charge >= 0.3 is 11.9 Å². The lowest BCUT2D eigenvalue weighted by Gasteiger charge is -2.19. The van der Waals surface area contributed by atoms with E-state index in [-0.39, 0.29) is 94.1 Å². The van der Waals surface area contributed by atoms with Gasteiger partial charge in [0.1, 0.15) is 36.1 Å². The molecule has 0 atom stereocenters. The lowest BCUT2D eigenvalue weighted by molar-refractivity contribution is -0.155. The van der Waals surface area contributed by atoms with Gasteiger partial charge < -0.3 is 44.2 Å². The maximum Gasteiger partial charge on any atom is 0.329 e. The lowest BCUT2D eigenvalue weighted by atomic mass is 10.0. The molecule has 0 bridgehead atoms. The molecular weight excluding hydrogens is 873 g/mol. The van der Waals surface area contributed by atoms with E-state index < -0.39 is 33.1 Å². The first kappa shape index (κ1) is 55.3. The fourth-order valence-electron chi connectivity index (χ4n) is 6.31. The van der Waals surface area contributed by atoms with Gasteiger partial charge in [0.15, 0.2) is 9.84 Å². The summed E-state index contributed by atoms with van der Waals surface area (Å²) in [5.41, 5.74) is 1.94. The third kappa shape index (κ3) is 26.2. The number of esters is 1. The van der Waals surface area contributed by atoms with Crippen molar-refractivity contribution in [3.05, 3.63) is 83.4 Å². The van der Waals surface area contributed by atoms with Crippen LogP contribution < -0.4 is 15.4 Å². The van der Waals surface area contributed by atoms with Crippen molar-refractivity contribution >= 4 is 33.6 Å². The number of amides is 2. The summed E-state index contributed by atoms with van der Waals surface area (Å²) in [6, 6.07) is 14.9. The van der Waals surface area contributed by atoms with Crippen LogP contribution in [0.3, 0.4) is 0 Å². The fraction of sp³-hybridized carbons (Fsp3) is 0.583. The molecule has 0 saturated heterocycles. The Kier molecular flexibility index (Phi) is 26.7. The Labute approximate surface area is 390 Å². The topological polar surface area (TPSA) is 228 Å². The van der Waals surface area contributed by atoms with Crippen molar-refractivity contribution in [2.75, 3.05) is 72.6 Å². The molecule has 0 spiro atoms. The van der Waals surface area contributed by atoms with Gasteiger partial charge in [0.25, 0.3) is 5.91 Å². The number of unbranched alkanes of at least 4 members (excludes halogenated alkanes) is 8. The number of nitrogens with one attached hydrogen (secondary N) is 2. The van der Waals surface area contributed by atoms with Crippen LogP contribution in [0.5, 0.6) is 5.75 Å². The number of hydrogen-bond acceptors (Lipinski definition) is 14. The summed E-state index contributed by atoms with van der Waals surface area (Å²) >= 11 is 0. The maximum absolute atomic E-state index is 13.1. The molecule has 0 aliphatic heterocycles. The zero-order valence-electron chi connectivity index (χ0n) is 38.9. The molecule has 0 aliphatic rings. The van der Waals surface area contributed by atoms with E-state index in [1.54, 1.807) is 12.1 Å². The molecule has 3 aromatic rings. The number of aromatic nitrogens is 2. The number of aryl methyl sites for hydroxylation is 2. The molecule has 0 radical (unpaired) electrons. The monoisotopic (exact) mass is 942 g/mol. The normalized spacial score (nSPS) is 11.6. The number of nitrogens with zero attached hydrogens (tertiary/aromatic N) is 2. The Morgan fingerprint density at radius 1 is 0.621 bits per heavy atom. The summed E-state index contributed by atoms with van der Waals surface area (Å²) in [6.45, 7) is 7.46. The largest absolute Gasteiger partial charge is 0.494 e. The maximum atomic E-state index is 13.1. The minimum Gasteiger partial charge on any atom is -0.494 e.